The standard InChI is InChI=1S/C13H21NO4/c15-7-9-4-2-1-3-8(9)6-14-12(16)10-5-11(10)13(17)18/h8-11,15H,1-7H2,(H,14,16)(H,17,18). The van der Waals surface area contributed by atoms with Gasteiger partial charge in [0.1, 0.15) is 0 Å². The first kappa shape index (κ1) is 13.3. The SMILES string of the molecule is O=C(O)C1CC1C(=O)NCC1CCCCC1CO. The maximum absolute atomic E-state index is 11.7. The molecule has 102 valence electrons. The van der Waals surface area contributed by atoms with Gasteiger partial charge in [-0.25, -0.2) is 0 Å². The predicted molar refractivity (Wildman–Crippen MR) is 64.8 cm³/mol. The fourth-order valence-corrected chi connectivity index (χ4v) is 2.91. The summed E-state index contributed by atoms with van der Waals surface area (Å²) in [7, 11) is 0. The highest BCUT2D eigenvalue weighted by atomic mass is 16.4. The lowest BCUT2D eigenvalue weighted by Gasteiger charge is -2.30. The molecule has 5 heteroatoms. The van der Waals surface area contributed by atoms with E-state index < -0.39 is 11.9 Å². The molecule has 2 rings (SSSR count). The van der Waals surface area contributed by atoms with Gasteiger partial charge in [0, 0.05) is 13.2 Å². The van der Waals surface area contributed by atoms with Crippen molar-refractivity contribution >= 4 is 11.9 Å². The summed E-state index contributed by atoms with van der Waals surface area (Å²) in [6.45, 7) is 0.759. The molecule has 4 unspecified atom stereocenters. The Morgan fingerprint density at radius 3 is 2.33 bits per heavy atom. The molecule has 4 atom stereocenters. The lowest BCUT2D eigenvalue weighted by Crippen LogP contribution is -2.36. The van der Waals surface area contributed by atoms with Gasteiger partial charge in [0.15, 0.2) is 0 Å². The van der Waals surface area contributed by atoms with Gasteiger partial charge in [-0.15, -0.1) is 0 Å². The molecule has 2 aliphatic carbocycles. The van der Waals surface area contributed by atoms with E-state index in [1.54, 1.807) is 0 Å². The normalized spacial score (nSPS) is 34.9. The van der Waals surface area contributed by atoms with E-state index in [-0.39, 0.29) is 24.3 Å². The van der Waals surface area contributed by atoms with Gasteiger partial charge in [0.25, 0.3) is 0 Å². The van der Waals surface area contributed by atoms with Crippen LogP contribution in [0, 0.1) is 23.7 Å². The largest absolute Gasteiger partial charge is 0.481 e. The Morgan fingerprint density at radius 2 is 1.78 bits per heavy atom. The zero-order chi connectivity index (χ0) is 13.1. The van der Waals surface area contributed by atoms with Gasteiger partial charge in [-0.05, 0) is 31.1 Å². The Hall–Kier alpha value is -1.10. The highest BCUT2D eigenvalue weighted by molar-refractivity contribution is 5.89. The smallest absolute Gasteiger partial charge is 0.307 e. The minimum atomic E-state index is -0.874. The maximum atomic E-state index is 11.7. The first-order valence-corrected chi connectivity index (χ1v) is 6.75. The molecule has 0 aromatic rings. The van der Waals surface area contributed by atoms with Crippen LogP contribution in [0.15, 0.2) is 0 Å². The summed E-state index contributed by atoms with van der Waals surface area (Å²) in [5.74, 6) is -1.20. The number of rotatable bonds is 5. The third-order valence-corrected chi connectivity index (χ3v) is 4.28. The van der Waals surface area contributed by atoms with E-state index in [0.717, 1.165) is 25.7 Å². The van der Waals surface area contributed by atoms with Crippen LogP contribution in [0.5, 0.6) is 0 Å². The summed E-state index contributed by atoms with van der Waals surface area (Å²) in [5, 5.41) is 20.9. The minimum absolute atomic E-state index is 0.135. The molecule has 2 fully saturated rings. The molecule has 0 aliphatic heterocycles. The number of aliphatic carboxylic acids is 1. The van der Waals surface area contributed by atoms with Crippen molar-refractivity contribution < 1.29 is 19.8 Å². The summed E-state index contributed by atoms with van der Waals surface area (Å²) in [6, 6.07) is 0. The van der Waals surface area contributed by atoms with Crippen molar-refractivity contribution in [2.75, 3.05) is 13.2 Å². The van der Waals surface area contributed by atoms with Crippen molar-refractivity contribution in [2.45, 2.75) is 32.1 Å². The molecule has 0 aromatic heterocycles. The molecule has 2 aliphatic rings. The highest BCUT2D eigenvalue weighted by Crippen LogP contribution is 2.38. The summed E-state index contributed by atoms with van der Waals surface area (Å²) in [4.78, 5) is 22.4. The van der Waals surface area contributed by atoms with E-state index in [0.29, 0.717) is 18.9 Å². The van der Waals surface area contributed by atoms with Crippen molar-refractivity contribution in [1.82, 2.24) is 5.32 Å². The Kier molecular flexibility index (Phi) is 4.22. The average molecular weight is 255 g/mol. The van der Waals surface area contributed by atoms with Gasteiger partial charge in [0.2, 0.25) is 5.91 Å². The maximum Gasteiger partial charge on any atom is 0.307 e. The molecule has 18 heavy (non-hydrogen) atoms. The van der Waals surface area contributed by atoms with E-state index in [4.69, 9.17) is 5.11 Å². The Balaban J connectivity index is 1.74. The van der Waals surface area contributed by atoms with Crippen LogP contribution in [0.2, 0.25) is 0 Å². The monoisotopic (exact) mass is 255 g/mol. The molecule has 3 N–H and O–H groups in total. The van der Waals surface area contributed by atoms with Crippen LogP contribution in [0.4, 0.5) is 0 Å². The van der Waals surface area contributed by atoms with E-state index in [1.165, 1.54) is 0 Å². The van der Waals surface area contributed by atoms with E-state index >= 15 is 0 Å². The van der Waals surface area contributed by atoms with Gasteiger partial charge in [-0.2, -0.15) is 0 Å². The summed E-state index contributed by atoms with van der Waals surface area (Å²) in [5.41, 5.74) is 0. The fourth-order valence-electron chi connectivity index (χ4n) is 2.91. The quantitative estimate of drug-likeness (QED) is 0.672. The zero-order valence-corrected chi connectivity index (χ0v) is 10.5. The van der Waals surface area contributed by atoms with E-state index in [1.807, 2.05) is 0 Å². The Labute approximate surface area is 107 Å². The predicted octanol–water partition coefficient (Wildman–Crippen LogP) is 0.622. The number of amides is 1. The molecule has 2 saturated carbocycles. The van der Waals surface area contributed by atoms with Crippen molar-refractivity contribution in [2.24, 2.45) is 23.7 Å². The minimum Gasteiger partial charge on any atom is -0.481 e. The number of hydrogen-bond acceptors (Lipinski definition) is 3. The molecule has 0 bridgehead atoms. The molecule has 0 spiro atoms. The van der Waals surface area contributed by atoms with Crippen LogP contribution < -0.4 is 5.32 Å². The Morgan fingerprint density at radius 1 is 1.11 bits per heavy atom. The molecule has 5 nitrogen and oxygen atoms in total. The lowest BCUT2D eigenvalue weighted by atomic mass is 9.79. The highest BCUT2D eigenvalue weighted by Gasteiger charge is 2.48. The second kappa shape index (κ2) is 5.69. The van der Waals surface area contributed by atoms with Gasteiger partial charge >= 0.3 is 5.97 Å². The second-order valence-electron chi connectivity index (χ2n) is 5.52. The second-order valence-corrected chi connectivity index (χ2v) is 5.52. The fraction of sp³-hybridized carbons (Fsp3) is 0.846. The molecule has 0 aromatic carbocycles. The van der Waals surface area contributed by atoms with Crippen LogP contribution >= 0.6 is 0 Å². The lowest BCUT2D eigenvalue weighted by molar-refractivity contribution is -0.140. The molecule has 0 saturated heterocycles. The van der Waals surface area contributed by atoms with Gasteiger partial charge in [-0.1, -0.05) is 12.8 Å². The van der Waals surface area contributed by atoms with Crippen molar-refractivity contribution in [3.8, 4) is 0 Å². The number of carboxylic acid groups (broad SMARTS) is 1. The molecule has 0 radical (unpaired) electrons. The Bertz CT molecular complexity index is 331. The number of nitrogens with one attached hydrogen (secondary N) is 1. The summed E-state index contributed by atoms with van der Waals surface area (Å²) < 4.78 is 0. The topological polar surface area (TPSA) is 86.6 Å². The van der Waals surface area contributed by atoms with Crippen LogP contribution in [0.25, 0.3) is 0 Å². The van der Waals surface area contributed by atoms with Gasteiger partial charge < -0.3 is 15.5 Å². The van der Waals surface area contributed by atoms with Crippen molar-refractivity contribution in [3.05, 3.63) is 0 Å². The number of carbonyl (C=O) groups excluding carboxylic acids is 1. The van der Waals surface area contributed by atoms with Crippen LogP contribution in [-0.2, 0) is 9.59 Å². The van der Waals surface area contributed by atoms with Crippen LogP contribution in [-0.4, -0.2) is 35.2 Å². The molecular formula is C13H21NO4. The number of carbonyl (C=O) groups is 2. The molecule has 0 heterocycles. The van der Waals surface area contributed by atoms with Gasteiger partial charge in [-0.3, -0.25) is 9.59 Å². The number of hydrogen-bond donors (Lipinski definition) is 3. The molecular weight excluding hydrogens is 234 g/mol. The number of aliphatic hydroxyl groups excluding tert-OH is 1. The number of carboxylic acids is 1. The van der Waals surface area contributed by atoms with E-state index in [9.17, 15) is 14.7 Å². The molecule has 1 amide bonds. The first-order chi connectivity index (χ1) is 8.63. The van der Waals surface area contributed by atoms with Crippen LogP contribution in [0.3, 0.4) is 0 Å². The van der Waals surface area contributed by atoms with Crippen LogP contribution in [0.1, 0.15) is 32.1 Å². The van der Waals surface area contributed by atoms with Crippen molar-refractivity contribution in [1.29, 1.82) is 0 Å². The zero-order valence-electron chi connectivity index (χ0n) is 10.5. The third-order valence-electron chi connectivity index (χ3n) is 4.28. The summed E-state index contributed by atoms with van der Waals surface area (Å²) >= 11 is 0. The third kappa shape index (κ3) is 3.02. The number of aliphatic hydroxyl groups is 1. The first-order valence-electron chi connectivity index (χ1n) is 6.75. The van der Waals surface area contributed by atoms with E-state index in [2.05, 4.69) is 5.32 Å². The van der Waals surface area contributed by atoms with Gasteiger partial charge in [0.05, 0.1) is 11.8 Å². The summed E-state index contributed by atoms with van der Waals surface area (Å²) in [6.07, 6.45) is 4.84. The average Bonchev–Trinajstić information content (AvgIpc) is 3.16. The van der Waals surface area contributed by atoms with Crippen molar-refractivity contribution in [3.63, 3.8) is 0 Å².